The number of thiophene rings is 1. The average Bonchev–Trinajstić information content (AvgIpc) is 2.74. The van der Waals surface area contributed by atoms with Crippen molar-refractivity contribution < 1.29 is 5.11 Å². The highest BCUT2D eigenvalue weighted by Gasteiger charge is 1.90. The highest BCUT2D eigenvalue weighted by molar-refractivity contribution is 7.09. The van der Waals surface area contributed by atoms with Crippen LogP contribution >= 0.6 is 11.3 Å². The second-order valence-corrected chi connectivity index (χ2v) is 4.31. The van der Waals surface area contributed by atoms with Crippen molar-refractivity contribution in [2.24, 2.45) is 0 Å². The molecular weight excluding hydrogens is 204 g/mol. The molecule has 1 aromatic heterocycles. The van der Waals surface area contributed by atoms with Crippen LogP contribution in [0, 0.1) is 0 Å². The summed E-state index contributed by atoms with van der Waals surface area (Å²) < 4.78 is 0. The van der Waals surface area contributed by atoms with E-state index in [0.717, 1.165) is 12.0 Å². The van der Waals surface area contributed by atoms with Crippen molar-refractivity contribution in [3.8, 4) is 5.75 Å². The van der Waals surface area contributed by atoms with Gasteiger partial charge in [0.2, 0.25) is 0 Å². The number of hydrogen-bond acceptors (Lipinski definition) is 2. The van der Waals surface area contributed by atoms with Gasteiger partial charge >= 0.3 is 0 Å². The van der Waals surface area contributed by atoms with Gasteiger partial charge in [-0.15, -0.1) is 11.3 Å². The molecule has 0 amide bonds. The van der Waals surface area contributed by atoms with E-state index in [2.05, 4.69) is 29.7 Å². The quantitative estimate of drug-likeness (QED) is 0.829. The Hall–Kier alpha value is -1.54. The van der Waals surface area contributed by atoms with Gasteiger partial charge in [-0.3, -0.25) is 0 Å². The van der Waals surface area contributed by atoms with Gasteiger partial charge in [-0.1, -0.05) is 30.4 Å². The molecule has 15 heavy (non-hydrogen) atoms. The van der Waals surface area contributed by atoms with E-state index >= 15 is 0 Å². The third-order valence-electron chi connectivity index (χ3n) is 2.10. The molecule has 76 valence electrons. The normalized spacial score (nSPS) is 10.9. The van der Waals surface area contributed by atoms with Crippen molar-refractivity contribution in [3.63, 3.8) is 0 Å². The molecule has 0 radical (unpaired) electrons. The summed E-state index contributed by atoms with van der Waals surface area (Å²) in [6.07, 6.45) is 5.18. The second-order valence-electron chi connectivity index (χ2n) is 3.28. The van der Waals surface area contributed by atoms with Crippen LogP contribution in [-0.2, 0) is 6.42 Å². The predicted molar refractivity (Wildman–Crippen MR) is 65.2 cm³/mol. The van der Waals surface area contributed by atoms with Crippen LogP contribution in [0.5, 0.6) is 5.75 Å². The molecule has 0 saturated heterocycles. The minimum atomic E-state index is 0.311. The fourth-order valence-electron chi connectivity index (χ4n) is 1.33. The number of phenols is 1. The lowest BCUT2D eigenvalue weighted by Gasteiger charge is -1.93. The first-order valence-corrected chi connectivity index (χ1v) is 5.70. The molecule has 0 saturated carbocycles. The molecule has 0 atom stereocenters. The fourth-order valence-corrected chi connectivity index (χ4v) is 2.01. The number of aromatic hydroxyl groups is 1. The van der Waals surface area contributed by atoms with E-state index in [-0.39, 0.29) is 0 Å². The third kappa shape index (κ3) is 2.96. The summed E-state index contributed by atoms with van der Waals surface area (Å²) in [5, 5.41) is 11.2. The van der Waals surface area contributed by atoms with E-state index < -0.39 is 0 Å². The molecule has 0 aliphatic heterocycles. The van der Waals surface area contributed by atoms with Crippen LogP contribution in [0.15, 0.2) is 47.9 Å². The number of phenolic OH excluding ortho intramolecular Hbond substituents is 1. The van der Waals surface area contributed by atoms with E-state index in [0.29, 0.717) is 5.75 Å². The van der Waals surface area contributed by atoms with E-state index in [4.69, 9.17) is 5.11 Å². The van der Waals surface area contributed by atoms with Crippen molar-refractivity contribution in [2.45, 2.75) is 6.42 Å². The summed E-state index contributed by atoms with van der Waals surface area (Å²) in [7, 11) is 0. The first-order chi connectivity index (χ1) is 7.34. The zero-order valence-electron chi connectivity index (χ0n) is 8.26. The average molecular weight is 216 g/mol. The minimum Gasteiger partial charge on any atom is -0.508 e. The van der Waals surface area contributed by atoms with Crippen LogP contribution in [0.2, 0.25) is 0 Å². The topological polar surface area (TPSA) is 20.2 Å². The molecule has 0 bridgehead atoms. The molecule has 0 aliphatic rings. The summed E-state index contributed by atoms with van der Waals surface area (Å²) >= 11 is 1.77. The van der Waals surface area contributed by atoms with Crippen LogP contribution in [0.3, 0.4) is 0 Å². The van der Waals surface area contributed by atoms with Crippen molar-refractivity contribution in [3.05, 3.63) is 58.3 Å². The summed E-state index contributed by atoms with van der Waals surface area (Å²) in [6.45, 7) is 0. The van der Waals surface area contributed by atoms with Crippen LogP contribution < -0.4 is 0 Å². The van der Waals surface area contributed by atoms with Crippen molar-refractivity contribution in [1.82, 2.24) is 0 Å². The predicted octanol–water partition coefficient (Wildman–Crippen LogP) is 3.71. The number of hydrogen-bond donors (Lipinski definition) is 1. The van der Waals surface area contributed by atoms with Gasteiger partial charge < -0.3 is 5.11 Å². The maximum Gasteiger partial charge on any atom is 0.115 e. The molecule has 0 fully saturated rings. The molecule has 2 heteroatoms. The number of rotatable bonds is 3. The fraction of sp³-hybridized carbons (Fsp3) is 0.0769. The lowest BCUT2D eigenvalue weighted by Crippen LogP contribution is -1.73. The maximum absolute atomic E-state index is 9.11. The Morgan fingerprint density at radius 3 is 2.60 bits per heavy atom. The molecular formula is C13H12OS. The van der Waals surface area contributed by atoms with Crippen LogP contribution in [0.4, 0.5) is 0 Å². The van der Waals surface area contributed by atoms with Gasteiger partial charge in [-0.2, -0.15) is 0 Å². The Kier molecular flexibility index (Phi) is 3.20. The zero-order chi connectivity index (χ0) is 10.5. The van der Waals surface area contributed by atoms with Crippen molar-refractivity contribution >= 4 is 17.4 Å². The Bertz CT molecular complexity index is 426. The van der Waals surface area contributed by atoms with Gasteiger partial charge in [-0.05, 0) is 29.1 Å². The summed E-state index contributed by atoms with van der Waals surface area (Å²) in [5.74, 6) is 0.311. The Morgan fingerprint density at radius 1 is 1.13 bits per heavy atom. The van der Waals surface area contributed by atoms with Crippen LogP contribution in [-0.4, -0.2) is 5.11 Å². The number of benzene rings is 1. The first kappa shape index (κ1) is 9.99. The molecule has 2 rings (SSSR count). The Labute approximate surface area is 93.3 Å². The summed E-state index contributed by atoms with van der Waals surface area (Å²) in [6, 6.07) is 11.4. The van der Waals surface area contributed by atoms with Crippen LogP contribution in [0.1, 0.15) is 10.4 Å². The highest BCUT2D eigenvalue weighted by Crippen LogP contribution is 2.13. The third-order valence-corrected chi connectivity index (χ3v) is 3.00. The highest BCUT2D eigenvalue weighted by atomic mass is 32.1. The smallest absolute Gasteiger partial charge is 0.115 e. The standard InChI is InChI=1S/C13H12OS/c14-12-8-6-11(7-9-12)3-1-4-13-5-2-10-15-13/h1-3,5-10,14H,4H2. The minimum absolute atomic E-state index is 0.311. The van der Waals surface area contributed by atoms with Crippen LogP contribution in [0.25, 0.3) is 6.08 Å². The molecule has 0 spiro atoms. The Balaban J connectivity index is 1.97. The van der Waals surface area contributed by atoms with E-state index in [1.54, 1.807) is 23.5 Å². The first-order valence-electron chi connectivity index (χ1n) is 4.82. The van der Waals surface area contributed by atoms with E-state index in [1.807, 2.05) is 12.1 Å². The van der Waals surface area contributed by atoms with Gasteiger partial charge in [0.25, 0.3) is 0 Å². The van der Waals surface area contributed by atoms with Gasteiger partial charge in [-0.25, -0.2) is 0 Å². The monoisotopic (exact) mass is 216 g/mol. The molecule has 1 heterocycles. The van der Waals surface area contributed by atoms with Gasteiger partial charge in [0.1, 0.15) is 5.75 Å². The van der Waals surface area contributed by atoms with Gasteiger partial charge in [0, 0.05) is 11.3 Å². The lowest BCUT2D eigenvalue weighted by molar-refractivity contribution is 0.475. The molecule has 1 aromatic carbocycles. The molecule has 1 N–H and O–H groups in total. The largest absolute Gasteiger partial charge is 0.508 e. The summed E-state index contributed by atoms with van der Waals surface area (Å²) in [5.41, 5.74) is 1.12. The lowest BCUT2D eigenvalue weighted by atomic mass is 10.2. The second kappa shape index (κ2) is 4.80. The van der Waals surface area contributed by atoms with Gasteiger partial charge in [0.15, 0.2) is 0 Å². The SMILES string of the molecule is Oc1ccc(C=CCc2cccs2)cc1. The van der Waals surface area contributed by atoms with Crippen molar-refractivity contribution in [2.75, 3.05) is 0 Å². The summed E-state index contributed by atoms with van der Waals surface area (Å²) in [4.78, 5) is 1.37. The van der Waals surface area contributed by atoms with Gasteiger partial charge in [0.05, 0.1) is 0 Å². The van der Waals surface area contributed by atoms with E-state index in [9.17, 15) is 0 Å². The van der Waals surface area contributed by atoms with E-state index in [1.165, 1.54) is 4.88 Å². The Morgan fingerprint density at radius 2 is 1.93 bits per heavy atom. The molecule has 0 aliphatic carbocycles. The van der Waals surface area contributed by atoms with Crippen molar-refractivity contribution in [1.29, 1.82) is 0 Å². The zero-order valence-corrected chi connectivity index (χ0v) is 9.08. The molecule has 2 aromatic rings. The molecule has 0 unspecified atom stereocenters. The number of allylic oxidation sites excluding steroid dienone is 1. The molecule has 1 nitrogen and oxygen atoms in total. The maximum atomic E-state index is 9.11.